The van der Waals surface area contributed by atoms with Crippen molar-refractivity contribution in [3.8, 4) is 11.8 Å². The lowest BCUT2D eigenvalue weighted by Crippen LogP contribution is -2.25. The van der Waals surface area contributed by atoms with Gasteiger partial charge in [-0.2, -0.15) is 10.4 Å². The zero-order valence-electron chi connectivity index (χ0n) is 18.1. The van der Waals surface area contributed by atoms with E-state index in [0.29, 0.717) is 28.3 Å². The van der Waals surface area contributed by atoms with Crippen LogP contribution in [0.1, 0.15) is 23.6 Å². The lowest BCUT2D eigenvalue weighted by molar-refractivity contribution is -0.123. The molecule has 8 nitrogen and oxygen atoms in total. The number of hydrazone groups is 1. The van der Waals surface area contributed by atoms with Gasteiger partial charge < -0.3 is 4.74 Å². The molecule has 3 aromatic carbocycles. The molecule has 0 atom stereocenters. The Morgan fingerprint density at radius 1 is 1.00 bits per heavy atom. The maximum atomic E-state index is 12.5. The molecule has 0 aliphatic carbocycles. The van der Waals surface area contributed by atoms with Crippen LogP contribution in [0.3, 0.4) is 0 Å². The lowest BCUT2D eigenvalue weighted by atomic mass is 10.1. The topological polar surface area (TPSA) is 121 Å². The monoisotopic (exact) mass is 462 g/mol. The molecule has 0 saturated heterocycles. The molecule has 1 amide bonds. The number of hydrogen-bond acceptors (Lipinski definition) is 6. The number of ether oxygens (including phenoxy) is 1. The van der Waals surface area contributed by atoms with Crippen molar-refractivity contribution in [2.75, 3.05) is 11.3 Å². The fourth-order valence-electron chi connectivity index (χ4n) is 2.73. The number of nitrogens with one attached hydrogen (secondary N) is 2. The highest BCUT2D eigenvalue weighted by molar-refractivity contribution is 7.92. The van der Waals surface area contributed by atoms with Gasteiger partial charge >= 0.3 is 0 Å². The Labute approximate surface area is 192 Å². The van der Waals surface area contributed by atoms with Crippen LogP contribution >= 0.6 is 0 Å². The maximum Gasteiger partial charge on any atom is 0.277 e. The smallest absolute Gasteiger partial charge is 0.277 e. The maximum absolute atomic E-state index is 12.5. The Bertz CT molecular complexity index is 1290. The summed E-state index contributed by atoms with van der Waals surface area (Å²) in [4.78, 5) is 12.2. The van der Waals surface area contributed by atoms with E-state index in [0.717, 1.165) is 5.56 Å². The predicted octanol–water partition coefficient (Wildman–Crippen LogP) is 3.59. The van der Waals surface area contributed by atoms with E-state index in [2.05, 4.69) is 15.2 Å². The molecule has 9 heteroatoms. The molecule has 2 N–H and O–H groups in total. The zero-order chi connectivity index (χ0) is 23.8. The Morgan fingerprint density at radius 3 is 2.24 bits per heavy atom. The van der Waals surface area contributed by atoms with Gasteiger partial charge in [0.2, 0.25) is 0 Å². The summed E-state index contributed by atoms with van der Waals surface area (Å²) in [6.45, 7) is 3.37. The average molecular weight is 463 g/mol. The summed E-state index contributed by atoms with van der Waals surface area (Å²) in [6.07, 6.45) is 0. The molecular weight excluding hydrogens is 440 g/mol. The molecule has 3 rings (SSSR count). The molecular formula is C24H22N4O4S. The summed E-state index contributed by atoms with van der Waals surface area (Å²) in [5, 5.41) is 12.8. The van der Waals surface area contributed by atoms with Gasteiger partial charge in [0.1, 0.15) is 5.75 Å². The number of carbonyl (C=O) groups is 1. The zero-order valence-corrected chi connectivity index (χ0v) is 18.9. The molecule has 0 aliphatic heterocycles. The molecule has 0 heterocycles. The first-order chi connectivity index (χ1) is 15.8. The Hall–Kier alpha value is -4.16. The number of amides is 1. The highest BCUT2D eigenvalue weighted by Gasteiger charge is 2.14. The first-order valence-corrected chi connectivity index (χ1v) is 11.4. The van der Waals surface area contributed by atoms with Crippen molar-refractivity contribution in [1.82, 2.24) is 5.43 Å². The largest absolute Gasteiger partial charge is 0.484 e. The van der Waals surface area contributed by atoms with Crippen molar-refractivity contribution >= 4 is 27.3 Å². The summed E-state index contributed by atoms with van der Waals surface area (Å²) in [6, 6.07) is 21.6. The third kappa shape index (κ3) is 6.66. The van der Waals surface area contributed by atoms with Crippen LogP contribution < -0.4 is 14.9 Å². The SMILES string of the molecule is C/C(=N\NC(=O)COc1ccc(C#N)cc1)c1ccc(NS(=O)(=O)c2ccc(C)cc2)cc1. The number of sulfonamides is 1. The highest BCUT2D eigenvalue weighted by atomic mass is 32.2. The van der Waals surface area contributed by atoms with Crippen LogP contribution in [0.2, 0.25) is 0 Å². The van der Waals surface area contributed by atoms with Crippen molar-refractivity contribution in [3.05, 3.63) is 89.5 Å². The molecule has 0 radical (unpaired) electrons. The number of nitrogens with zero attached hydrogens (tertiary/aromatic N) is 2. The second-order valence-corrected chi connectivity index (χ2v) is 8.84. The fourth-order valence-corrected chi connectivity index (χ4v) is 3.79. The van der Waals surface area contributed by atoms with E-state index < -0.39 is 15.9 Å². The minimum Gasteiger partial charge on any atom is -0.484 e. The highest BCUT2D eigenvalue weighted by Crippen LogP contribution is 2.17. The molecule has 0 saturated carbocycles. The van der Waals surface area contributed by atoms with Crippen molar-refractivity contribution < 1.29 is 17.9 Å². The molecule has 3 aromatic rings. The van der Waals surface area contributed by atoms with Gasteiger partial charge in [-0.25, -0.2) is 13.8 Å². The van der Waals surface area contributed by atoms with Crippen molar-refractivity contribution in [2.45, 2.75) is 18.7 Å². The van der Waals surface area contributed by atoms with E-state index in [1.165, 1.54) is 0 Å². The Morgan fingerprint density at radius 2 is 1.64 bits per heavy atom. The van der Waals surface area contributed by atoms with Crippen LogP contribution in [0.4, 0.5) is 5.69 Å². The number of benzene rings is 3. The molecule has 0 aliphatic rings. The minimum absolute atomic E-state index is 0.181. The van der Waals surface area contributed by atoms with Crippen LogP contribution in [0.5, 0.6) is 5.75 Å². The van der Waals surface area contributed by atoms with Crippen LogP contribution in [0.15, 0.2) is 82.8 Å². The summed E-state index contributed by atoms with van der Waals surface area (Å²) in [5.41, 5.74) is 5.54. The van der Waals surface area contributed by atoms with Gasteiger partial charge in [-0.3, -0.25) is 9.52 Å². The second kappa shape index (κ2) is 10.4. The molecule has 168 valence electrons. The predicted molar refractivity (Wildman–Crippen MR) is 125 cm³/mol. The van der Waals surface area contributed by atoms with Crippen molar-refractivity contribution in [2.24, 2.45) is 5.10 Å². The van der Waals surface area contributed by atoms with Gasteiger partial charge in [-0.15, -0.1) is 0 Å². The number of hydrogen-bond donors (Lipinski definition) is 2. The van der Waals surface area contributed by atoms with Gasteiger partial charge in [-0.1, -0.05) is 29.8 Å². The van der Waals surface area contributed by atoms with E-state index in [-0.39, 0.29) is 11.5 Å². The number of rotatable bonds is 8. The standard InChI is InChI=1S/C24H22N4O4S/c1-17-3-13-23(14-4-17)33(30,31)28-21-9-7-20(8-10-21)18(2)26-27-24(29)16-32-22-11-5-19(15-25)6-12-22/h3-14,28H,16H2,1-2H3,(H,27,29)/b26-18+. The third-order valence-corrected chi connectivity index (χ3v) is 5.99. The van der Waals surface area contributed by atoms with E-state index in [9.17, 15) is 13.2 Å². The molecule has 0 spiro atoms. The summed E-state index contributed by atoms with van der Waals surface area (Å²) in [5.74, 6) is 0.0229. The van der Waals surface area contributed by atoms with Crippen LogP contribution in [-0.2, 0) is 14.8 Å². The van der Waals surface area contributed by atoms with Gasteiger partial charge in [0.25, 0.3) is 15.9 Å². The van der Waals surface area contributed by atoms with Gasteiger partial charge in [-0.05, 0) is 67.9 Å². The van der Waals surface area contributed by atoms with E-state index in [1.54, 1.807) is 79.7 Å². The van der Waals surface area contributed by atoms with Crippen molar-refractivity contribution in [1.29, 1.82) is 5.26 Å². The first-order valence-electron chi connectivity index (χ1n) is 9.93. The van der Waals surface area contributed by atoms with E-state index in [1.807, 2.05) is 13.0 Å². The summed E-state index contributed by atoms with van der Waals surface area (Å²) >= 11 is 0. The Kier molecular flexibility index (Phi) is 7.43. The number of nitriles is 1. The molecule has 0 unspecified atom stereocenters. The summed E-state index contributed by atoms with van der Waals surface area (Å²) < 4.78 is 32.9. The molecule has 33 heavy (non-hydrogen) atoms. The van der Waals surface area contributed by atoms with Crippen LogP contribution in [0.25, 0.3) is 0 Å². The van der Waals surface area contributed by atoms with Gasteiger partial charge in [0, 0.05) is 5.69 Å². The first kappa shape index (κ1) is 23.5. The van der Waals surface area contributed by atoms with Gasteiger partial charge in [0.15, 0.2) is 6.61 Å². The van der Waals surface area contributed by atoms with E-state index >= 15 is 0 Å². The second-order valence-electron chi connectivity index (χ2n) is 7.15. The van der Waals surface area contributed by atoms with Crippen LogP contribution in [-0.4, -0.2) is 26.6 Å². The quantitative estimate of drug-likeness (QED) is 0.391. The van der Waals surface area contributed by atoms with Crippen LogP contribution in [0, 0.1) is 18.3 Å². The van der Waals surface area contributed by atoms with Gasteiger partial charge in [0.05, 0.1) is 22.2 Å². The molecule has 0 aromatic heterocycles. The number of anilines is 1. The van der Waals surface area contributed by atoms with E-state index in [4.69, 9.17) is 10.00 Å². The minimum atomic E-state index is -3.68. The summed E-state index contributed by atoms with van der Waals surface area (Å²) in [7, 11) is -3.68. The number of aryl methyl sites for hydroxylation is 1. The van der Waals surface area contributed by atoms with Crippen molar-refractivity contribution in [3.63, 3.8) is 0 Å². The fraction of sp³-hybridized carbons (Fsp3) is 0.125. The normalized spacial score (nSPS) is 11.4. The third-order valence-electron chi connectivity index (χ3n) is 4.59. The Balaban J connectivity index is 1.55. The molecule has 0 fully saturated rings. The number of carbonyl (C=O) groups excluding carboxylic acids is 1. The average Bonchev–Trinajstić information content (AvgIpc) is 2.82. The lowest BCUT2D eigenvalue weighted by Gasteiger charge is -2.09. The molecule has 0 bridgehead atoms.